The molecule has 0 aliphatic carbocycles. The van der Waals surface area contributed by atoms with Gasteiger partial charge in [0.1, 0.15) is 6.04 Å². The maximum absolute atomic E-state index is 13.3. The highest BCUT2D eigenvalue weighted by Gasteiger charge is 2.28. The number of benzene rings is 2. The normalized spacial score (nSPS) is 12.2. The highest BCUT2D eigenvalue weighted by atomic mass is 35.5. The molecule has 0 aliphatic heterocycles. The van der Waals surface area contributed by atoms with E-state index in [2.05, 4.69) is 5.32 Å². The SMILES string of the molecule is CCNC(=O)[C@H](CC)N(Cc1ccc(Cl)cc1)C(=O)CCCN(c1cccc(Cl)c1C)S(C)(=O)=O. The highest BCUT2D eigenvalue weighted by molar-refractivity contribution is 7.92. The number of anilines is 1. The van der Waals surface area contributed by atoms with Gasteiger partial charge in [0.2, 0.25) is 21.8 Å². The first-order chi connectivity index (χ1) is 16.5. The lowest BCUT2D eigenvalue weighted by Crippen LogP contribution is -2.49. The van der Waals surface area contributed by atoms with Gasteiger partial charge in [-0.15, -0.1) is 0 Å². The van der Waals surface area contributed by atoms with E-state index in [4.69, 9.17) is 23.2 Å². The molecule has 2 aromatic carbocycles. The van der Waals surface area contributed by atoms with Gasteiger partial charge in [0.15, 0.2) is 0 Å². The fourth-order valence-electron chi connectivity index (χ4n) is 3.85. The van der Waals surface area contributed by atoms with Crippen LogP contribution in [0.1, 0.15) is 44.2 Å². The van der Waals surface area contributed by atoms with E-state index in [9.17, 15) is 18.0 Å². The molecule has 2 aromatic rings. The lowest BCUT2D eigenvalue weighted by molar-refractivity contribution is -0.141. The van der Waals surface area contributed by atoms with Crippen molar-refractivity contribution in [3.8, 4) is 0 Å². The van der Waals surface area contributed by atoms with Gasteiger partial charge in [0.25, 0.3) is 0 Å². The zero-order valence-electron chi connectivity index (χ0n) is 20.6. The first-order valence-corrected chi connectivity index (χ1v) is 14.1. The molecule has 0 spiro atoms. The topological polar surface area (TPSA) is 86.8 Å². The predicted molar refractivity (Wildman–Crippen MR) is 142 cm³/mol. The predicted octanol–water partition coefficient (Wildman–Crippen LogP) is 4.79. The van der Waals surface area contributed by atoms with E-state index in [1.54, 1.807) is 42.2 Å². The van der Waals surface area contributed by atoms with Crippen LogP contribution in [-0.4, -0.2) is 50.5 Å². The Balaban J connectivity index is 2.23. The number of nitrogens with one attached hydrogen (secondary N) is 1. The van der Waals surface area contributed by atoms with Gasteiger partial charge >= 0.3 is 0 Å². The maximum Gasteiger partial charge on any atom is 0.242 e. The van der Waals surface area contributed by atoms with Crippen LogP contribution < -0.4 is 9.62 Å². The Labute approximate surface area is 218 Å². The molecule has 7 nitrogen and oxygen atoms in total. The summed E-state index contributed by atoms with van der Waals surface area (Å²) in [6.45, 7) is 6.25. The Hall–Kier alpha value is -2.29. The summed E-state index contributed by atoms with van der Waals surface area (Å²) in [7, 11) is -3.60. The first-order valence-electron chi connectivity index (χ1n) is 11.5. The summed E-state index contributed by atoms with van der Waals surface area (Å²) >= 11 is 12.2. The van der Waals surface area contributed by atoms with E-state index in [0.717, 1.165) is 11.8 Å². The fraction of sp³-hybridized carbons (Fsp3) is 0.440. The molecule has 0 saturated carbocycles. The van der Waals surface area contributed by atoms with Crippen molar-refractivity contribution in [2.75, 3.05) is 23.7 Å². The minimum Gasteiger partial charge on any atom is -0.355 e. The maximum atomic E-state index is 13.3. The molecule has 1 N–H and O–H groups in total. The lowest BCUT2D eigenvalue weighted by Gasteiger charge is -2.31. The molecule has 0 aromatic heterocycles. The number of sulfonamides is 1. The minimum absolute atomic E-state index is 0.0785. The average Bonchev–Trinajstić information content (AvgIpc) is 2.79. The smallest absolute Gasteiger partial charge is 0.242 e. The molecule has 0 aliphatic rings. The third-order valence-corrected chi connectivity index (χ3v) is 7.50. The monoisotopic (exact) mass is 541 g/mol. The van der Waals surface area contributed by atoms with Gasteiger partial charge in [-0.05, 0) is 62.1 Å². The van der Waals surface area contributed by atoms with Gasteiger partial charge in [-0.2, -0.15) is 0 Å². The molecule has 1 atom stereocenters. The van der Waals surface area contributed by atoms with Crippen molar-refractivity contribution in [2.24, 2.45) is 0 Å². The van der Waals surface area contributed by atoms with Gasteiger partial charge in [-0.1, -0.05) is 48.3 Å². The standard InChI is InChI=1S/C25H33Cl2N3O4S/c1-5-22(25(32)28-6-2)29(17-19-12-14-20(26)15-13-19)24(31)11-8-16-30(35(4,33)34)23-10-7-9-21(27)18(23)3/h7,9-10,12-15,22H,5-6,8,11,16-17H2,1-4H3,(H,28,32)/t22-/m0/s1. The number of amides is 2. The third-order valence-electron chi connectivity index (χ3n) is 5.66. The van der Waals surface area contributed by atoms with Crippen molar-refractivity contribution >= 4 is 50.7 Å². The molecule has 0 saturated heterocycles. The van der Waals surface area contributed by atoms with Crippen LogP contribution >= 0.6 is 23.2 Å². The zero-order valence-corrected chi connectivity index (χ0v) is 22.9. The molecule has 35 heavy (non-hydrogen) atoms. The van der Waals surface area contributed by atoms with Gasteiger partial charge in [0.05, 0.1) is 11.9 Å². The van der Waals surface area contributed by atoms with Crippen LogP contribution in [0, 0.1) is 6.92 Å². The van der Waals surface area contributed by atoms with Crippen LogP contribution in [0.2, 0.25) is 10.0 Å². The Bertz CT molecular complexity index is 1120. The molecule has 0 radical (unpaired) electrons. The Morgan fingerprint density at radius 1 is 1.06 bits per heavy atom. The quantitative estimate of drug-likeness (QED) is 0.418. The molecule has 0 heterocycles. The van der Waals surface area contributed by atoms with E-state index in [-0.39, 0.29) is 37.7 Å². The third kappa shape index (κ3) is 8.12. The van der Waals surface area contributed by atoms with Crippen LogP contribution in [-0.2, 0) is 26.2 Å². The van der Waals surface area contributed by atoms with Crippen LogP contribution in [0.25, 0.3) is 0 Å². The van der Waals surface area contributed by atoms with E-state index in [1.807, 2.05) is 26.0 Å². The van der Waals surface area contributed by atoms with E-state index < -0.39 is 16.1 Å². The van der Waals surface area contributed by atoms with Crippen LogP contribution in [0.3, 0.4) is 0 Å². The first kappa shape index (κ1) is 28.9. The minimum atomic E-state index is -3.60. The summed E-state index contributed by atoms with van der Waals surface area (Å²) in [6, 6.07) is 11.6. The van der Waals surface area contributed by atoms with Crippen molar-refractivity contribution in [3.05, 3.63) is 63.6 Å². The van der Waals surface area contributed by atoms with E-state index >= 15 is 0 Å². The zero-order chi connectivity index (χ0) is 26.2. The van der Waals surface area contributed by atoms with E-state index in [1.165, 1.54) is 4.31 Å². The van der Waals surface area contributed by atoms with Gasteiger partial charge in [-0.3, -0.25) is 13.9 Å². The second kappa shape index (κ2) is 13.1. The van der Waals surface area contributed by atoms with Crippen molar-refractivity contribution in [1.29, 1.82) is 0 Å². The Morgan fingerprint density at radius 3 is 2.29 bits per heavy atom. The van der Waals surface area contributed by atoms with Crippen LogP contribution in [0.15, 0.2) is 42.5 Å². The molecular weight excluding hydrogens is 509 g/mol. The summed E-state index contributed by atoms with van der Waals surface area (Å²) in [5, 5.41) is 3.85. The second-order valence-corrected chi connectivity index (χ2v) is 11.0. The number of likely N-dealkylation sites (N-methyl/N-ethyl adjacent to an activating group) is 1. The van der Waals surface area contributed by atoms with Crippen LogP contribution in [0.5, 0.6) is 0 Å². The summed E-state index contributed by atoms with van der Waals surface area (Å²) < 4.78 is 26.3. The van der Waals surface area contributed by atoms with Crippen molar-refractivity contribution in [3.63, 3.8) is 0 Å². The van der Waals surface area contributed by atoms with E-state index in [0.29, 0.717) is 34.3 Å². The molecular formula is C25H33Cl2N3O4S. The van der Waals surface area contributed by atoms with Gasteiger partial charge < -0.3 is 10.2 Å². The molecule has 2 amide bonds. The molecule has 10 heteroatoms. The van der Waals surface area contributed by atoms with Crippen molar-refractivity contribution < 1.29 is 18.0 Å². The van der Waals surface area contributed by atoms with Crippen molar-refractivity contribution in [2.45, 2.75) is 52.6 Å². The fourth-order valence-corrected chi connectivity index (χ4v) is 5.16. The number of nitrogens with zero attached hydrogens (tertiary/aromatic N) is 2. The number of carbonyl (C=O) groups excluding carboxylic acids is 2. The van der Waals surface area contributed by atoms with Crippen molar-refractivity contribution in [1.82, 2.24) is 10.2 Å². The molecule has 0 fully saturated rings. The number of rotatable bonds is 12. The summed E-state index contributed by atoms with van der Waals surface area (Å²) in [5.74, 6) is -0.445. The number of hydrogen-bond donors (Lipinski definition) is 1. The molecule has 0 bridgehead atoms. The lowest BCUT2D eigenvalue weighted by atomic mass is 10.1. The average molecular weight is 543 g/mol. The second-order valence-electron chi connectivity index (χ2n) is 8.29. The number of halogens is 2. The number of carbonyl (C=O) groups is 2. The summed E-state index contributed by atoms with van der Waals surface area (Å²) in [5.41, 5.74) is 1.98. The van der Waals surface area contributed by atoms with Gasteiger partial charge in [0, 0.05) is 36.1 Å². The molecule has 0 unspecified atom stereocenters. The molecule has 192 valence electrons. The summed E-state index contributed by atoms with van der Waals surface area (Å²) in [4.78, 5) is 27.6. The summed E-state index contributed by atoms with van der Waals surface area (Å²) in [6.07, 6.45) is 1.93. The van der Waals surface area contributed by atoms with Crippen LogP contribution in [0.4, 0.5) is 5.69 Å². The number of hydrogen-bond acceptors (Lipinski definition) is 4. The largest absolute Gasteiger partial charge is 0.355 e. The molecule has 2 rings (SSSR count). The Morgan fingerprint density at radius 2 is 1.71 bits per heavy atom. The van der Waals surface area contributed by atoms with Gasteiger partial charge in [-0.25, -0.2) is 8.42 Å². The highest BCUT2D eigenvalue weighted by Crippen LogP contribution is 2.28. The Kier molecular flexibility index (Phi) is 10.9.